The molecule has 0 radical (unpaired) electrons. The Morgan fingerprint density at radius 3 is 2.53 bits per heavy atom. The minimum Gasteiger partial charge on any atom is -0.479 e. The Kier molecular flexibility index (Phi) is 6.97. The van der Waals surface area contributed by atoms with E-state index in [0.29, 0.717) is 53.8 Å². The zero-order valence-electron chi connectivity index (χ0n) is 24.3. The number of ether oxygens (including phenoxy) is 1. The van der Waals surface area contributed by atoms with Crippen LogP contribution < -0.4 is 20.7 Å². The summed E-state index contributed by atoms with van der Waals surface area (Å²) in [7, 11) is 0. The van der Waals surface area contributed by atoms with Gasteiger partial charge in [-0.15, -0.1) is 0 Å². The van der Waals surface area contributed by atoms with E-state index in [1.54, 1.807) is 18.2 Å². The molecule has 3 N–H and O–H groups in total. The summed E-state index contributed by atoms with van der Waals surface area (Å²) in [6.45, 7) is 6.94. The predicted molar refractivity (Wildman–Crippen MR) is 152 cm³/mol. The van der Waals surface area contributed by atoms with Crippen LogP contribution in [0.2, 0.25) is 0 Å². The standard InChI is InChI=1S/C29H34F2N8O4/c1-27(2,3)24-36-26(43-37-24)38-11-8-28(9-12-38)29(30,31)14-18-13-19(33-16-21(18)42-28)17-6-7-22(34-15-17)35-25(41)39-10-4-5-20(39)23(32)40/h6-7,13,15-16,20H,4-5,8-12,14H2,1-3H3,(H2,32,40)(H,34,35,41)/t20-/m0/s1. The Labute approximate surface area is 247 Å². The van der Waals surface area contributed by atoms with Gasteiger partial charge in [-0.2, -0.15) is 4.98 Å². The van der Waals surface area contributed by atoms with E-state index < -0.39 is 35.9 Å². The first-order valence-electron chi connectivity index (χ1n) is 14.3. The molecule has 3 aromatic heterocycles. The van der Waals surface area contributed by atoms with Crippen molar-refractivity contribution in [2.75, 3.05) is 29.9 Å². The van der Waals surface area contributed by atoms with Gasteiger partial charge in [0.05, 0.1) is 11.9 Å². The summed E-state index contributed by atoms with van der Waals surface area (Å²) < 4.78 is 42.9. The molecule has 43 heavy (non-hydrogen) atoms. The normalized spacial score (nSPS) is 20.9. The molecule has 12 nitrogen and oxygen atoms in total. The van der Waals surface area contributed by atoms with Gasteiger partial charge < -0.3 is 24.8 Å². The van der Waals surface area contributed by atoms with Gasteiger partial charge in [-0.05, 0) is 31.0 Å². The van der Waals surface area contributed by atoms with Crippen molar-refractivity contribution in [2.24, 2.45) is 5.73 Å². The number of carbonyl (C=O) groups excluding carboxylic acids is 2. The van der Waals surface area contributed by atoms with Crippen molar-refractivity contribution in [1.82, 2.24) is 25.0 Å². The largest absolute Gasteiger partial charge is 0.479 e. The van der Waals surface area contributed by atoms with Gasteiger partial charge in [0.2, 0.25) is 5.91 Å². The summed E-state index contributed by atoms with van der Waals surface area (Å²) in [6.07, 6.45) is 3.89. The maximum absolute atomic E-state index is 15.7. The number of fused-ring (bicyclic) bond motifs is 1. The summed E-state index contributed by atoms with van der Waals surface area (Å²) in [5.74, 6) is -2.48. The second-order valence-corrected chi connectivity index (χ2v) is 12.4. The zero-order valence-corrected chi connectivity index (χ0v) is 24.3. The molecule has 6 heterocycles. The van der Waals surface area contributed by atoms with Crippen LogP contribution in [0.4, 0.5) is 25.4 Å². The van der Waals surface area contributed by atoms with Crippen molar-refractivity contribution in [1.29, 1.82) is 0 Å². The number of anilines is 2. The number of halogens is 2. The lowest BCUT2D eigenvalue weighted by Gasteiger charge is -2.48. The highest BCUT2D eigenvalue weighted by Gasteiger charge is 2.60. The second kappa shape index (κ2) is 10.4. The van der Waals surface area contributed by atoms with Crippen LogP contribution in [-0.4, -0.2) is 74.1 Å². The van der Waals surface area contributed by atoms with E-state index in [1.165, 1.54) is 17.3 Å². The van der Waals surface area contributed by atoms with Crippen LogP contribution in [0, 0.1) is 0 Å². The third-order valence-electron chi connectivity index (χ3n) is 8.40. The number of primary amides is 1. The molecule has 0 unspecified atom stereocenters. The van der Waals surface area contributed by atoms with Gasteiger partial charge in [-0.3, -0.25) is 15.1 Å². The number of pyridine rings is 2. The maximum atomic E-state index is 15.7. The van der Waals surface area contributed by atoms with Gasteiger partial charge in [0.1, 0.15) is 17.6 Å². The van der Waals surface area contributed by atoms with Crippen molar-refractivity contribution >= 4 is 23.8 Å². The zero-order chi connectivity index (χ0) is 30.6. The maximum Gasteiger partial charge on any atom is 0.324 e. The third-order valence-corrected chi connectivity index (χ3v) is 8.40. The number of piperidine rings is 1. The molecule has 1 spiro atoms. The molecule has 3 aromatic rings. The summed E-state index contributed by atoms with van der Waals surface area (Å²) in [5.41, 5.74) is 4.86. The first-order valence-corrected chi connectivity index (χ1v) is 14.3. The smallest absolute Gasteiger partial charge is 0.324 e. The second-order valence-electron chi connectivity index (χ2n) is 12.4. The summed E-state index contributed by atoms with van der Waals surface area (Å²) in [5, 5.41) is 6.72. The monoisotopic (exact) mass is 596 g/mol. The molecule has 14 heteroatoms. The molecule has 2 saturated heterocycles. The molecule has 1 atom stereocenters. The number of alkyl halides is 2. The average molecular weight is 597 g/mol. The van der Waals surface area contributed by atoms with Gasteiger partial charge in [0.15, 0.2) is 11.4 Å². The highest BCUT2D eigenvalue weighted by molar-refractivity contribution is 5.93. The number of nitrogens with two attached hydrogens (primary N) is 1. The van der Waals surface area contributed by atoms with E-state index in [1.807, 2.05) is 25.7 Å². The van der Waals surface area contributed by atoms with Gasteiger partial charge >= 0.3 is 12.0 Å². The summed E-state index contributed by atoms with van der Waals surface area (Å²) >= 11 is 0. The minimum atomic E-state index is -3.11. The number of aromatic nitrogens is 4. The lowest BCUT2D eigenvalue weighted by molar-refractivity contribution is -0.185. The van der Waals surface area contributed by atoms with Gasteiger partial charge in [0.25, 0.3) is 5.92 Å². The quantitative estimate of drug-likeness (QED) is 0.456. The molecule has 3 aliphatic heterocycles. The molecular formula is C29H34F2N8O4. The number of nitrogens with zero attached hydrogens (tertiary/aromatic N) is 6. The van der Waals surface area contributed by atoms with Crippen molar-refractivity contribution in [3.05, 3.63) is 42.0 Å². The van der Waals surface area contributed by atoms with Gasteiger partial charge in [0, 0.05) is 61.6 Å². The fourth-order valence-electron chi connectivity index (χ4n) is 5.84. The van der Waals surface area contributed by atoms with E-state index in [2.05, 4.69) is 25.4 Å². The van der Waals surface area contributed by atoms with E-state index in [9.17, 15) is 9.59 Å². The first kappa shape index (κ1) is 28.7. The van der Waals surface area contributed by atoms with E-state index >= 15 is 8.78 Å². The molecular weight excluding hydrogens is 562 g/mol. The summed E-state index contributed by atoms with van der Waals surface area (Å²) in [6, 6.07) is 4.10. The van der Waals surface area contributed by atoms with Crippen molar-refractivity contribution in [3.8, 4) is 17.0 Å². The average Bonchev–Trinajstić information content (AvgIpc) is 3.65. The molecule has 0 bridgehead atoms. The van der Waals surface area contributed by atoms with Crippen LogP contribution in [-0.2, 0) is 16.6 Å². The number of rotatable bonds is 4. The molecule has 0 aliphatic carbocycles. The summed E-state index contributed by atoms with van der Waals surface area (Å²) in [4.78, 5) is 40.6. The molecule has 228 valence electrons. The number of urea groups is 1. The highest BCUT2D eigenvalue weighted by atomic mass is 19.3. The number of amides is 3. The molecule has 0 aromatic carbocycles. The molecule has 0 saturated carbocycles. The van der Waals surface area contributed by atoms with Crippen molar-refractivity contribution < 1.29 is 27.6 Å². The number of carbonyl (C=O) groups is 2. The molecule has 6 rings (SSSR count). The van der Waals surface area contributed by atoms with E-state index in [4.69, 9.17) is 15.0 Å². The lowest BCUT2D eigenvalue weighted by atomic mass is 9.80. The molecule has 3 aliphatic rings. The Bertz CT molecular complexity index is 1530. The topological polar surface area (TPSA) is 153 Å². The van der Waals surface area contributed by atoms with Crippen LogP contribution in [0.3, 0.4) is 0 Å². The molecule has 2 fully saturated rings. The SMILES string of the molecule is CC(C)(C)c1noc(N2CCC3(CC2)Oc2cnc(-c4ccc(NC(=O)N5CCC[C@H]5C(N)=O)nc4)cc2CC3(F)F)n1. The van der Waals surface area contributed by atoms with Gasteiger partial charge in [-0.25, -0.2) is 18.6 Å². The highest BCUT2D eigenvalue weighted by Crippen LogP contribution is 2.49. The third kappa shape index (κ3) is 5.34. The van der Waals surface area contributed by atoms with E-state index in [0.717, 1.165) is 0 Å². The number of likely N-dealkylation sites (tertiary alicyclic amines) is 1. The fourth-order valence-corrected chi connectivity index (χ4v) is 5.84. The number of hydrogen-bond donors (Lipinski definition) is 2. The van der Waals surface area contributed by atoms with Gasteiger partial charge in [-0.1, -0.05) is 25.9 Å². The molecule has 3 amide bonds. The Balaban J connectivity index is 1.13. The van der Waals surface area contributed by atoms with Crippen molar-refractivity contribution in [3.63, 3.8) is 0 Å². The van der Waals surface area contributed by atoms with Crippen LogP contribution in [0.1, 0.15) is 57.8 Å². The number of nitrogens with one attached hydrogen (secondary N) is 1. The predicted octanol–water partition coefficient (Wildman–Crippen LogP) is 3.92. The first-order chi connectivity index (χ1) is 20.3. The van der Waals surface area contributed by atoms with Crippen LogP contribution in [0.15, 0.2) is 35.1 Å². The Morgan fingerprint density at radius 1 is 1.12 bits per heavy atom. The van der Waals surface area contributed by atoms with Crippen molar-refractivity contribution in [2.45, 2.75) is 75.9 Å². The van der Waals surface area contributed by atoms with Crippen LogP contribution in [0.25, 0.3) is 11.3 Å². The Morgan fingerprint density at radius 2 is 1.88 bits per heavy atom. The number of hydrogen-bond acceptors (Lipinski definition) is 9. The Hall–Kier alpha value is -4.36. The fraction of sp³-hybridized carbons (Fsp3) is 0.517. The van der Waals surface area contributed by atoms with Crippen LogP contribution >= 0.6 is 0 Å². The lowest BCUT2D eigenvalue weighted by Crippen LogP contribution is -2.61. The van der Waals surface area contributed by atoms with Crippen LogP contribution in [0.5, 0.6) is 5.75 Å². The van der Waals surface area contributed by atoms with E-state index in [-0.39, 0.29) is 37.2 Å². The minimum absolute atomic E-state index is 0.0864.